The van der Waals surface area contributed by atoms with E-state index in [-0.39, 0.29) is 12.4 Å². The molecule has 3 N–H and O–H groups in total. The number of hydrogen-bond acceptors (Lipinski definition) is 4. The molecule has 0 aliphatic rings. The van der Waals surface area contributed by atoms with Crippen molar-refractivity contribution in [3.05, 3.63) is 58.5 Å². The smallest absolute Gasteiger partial charge is 0.301 e. The van der Waals surface area contributed by atoms with Gasteiger partial charge in [-0.05, 0) is 17.7 Å². The minimum absolute atomic E-state index is 0.154. The molecule has 0 unspecified atom stereocenters. The van der Waals surface area contributed by atoms with Gasteiger partial charge in [0.1, 0.15) is 0 Å². The number of benzene rings is 1. The second kappa shape index (κ2) is 6.38. The van der Waals surface area contributed by atoms with E-state index >= 15 is 0 Å². The summed E-state index contributed by atoms with van der Waals surface area (Å²) in [6, 6.07) is 9.08. The zero-order valence-corrected chi connectivity index (χ0v) is 10.8. The molecule has 0 fully saturated rings. The van der Waals surface area contributed by atoms with E-state index in [4.69, 9.17) is 26.6 Å². The Morgan fingerprint density at radius 3 is 2.74 bits per heavy atom. The van der Waals surface area contributed by atoms with Gasteiger partial charge in [-0.15, -0.1) is 0 Å². The van der Waals surface area contributed by atoms with E-state index in [0.29, 0.717) is 17.2 Å². The van der Waals surface area contributed by atoms with Crippen LogP contribution in [0.25, 0.3) is 0 Å². The monoisotopic (exact) mass is 280 g/mol. The molecule has 1 aromatic carbocycles. The average molecular weight is 281 g/mol. The van der Waals surface area contributed by atoms with Crippen molar-refractivity contribution in [3.8, 4) is 0 Å². The van der Waals surface area contributed by atoms with Crippen molar-refractivity contribution in [2.45, 2.75) is 13.2 Å². The van der Waals surface area contributed by atoms with Crippen molar-refractivity contribution in [3.63, 3.8) is 0 Å². The fraction of sp³-hybridized carbons (Fsp3) is 0.154. The van der Waals surface area contributed by atoms with Gasteiger partial charge in [0.25, 0.3) is 0 Å². The third kappa shape index (κ3) is 3.35. The lowest BCUT2D eigenvalue weighted by Gasteiger charge is -2.06. The molecule has 19 heavy (non-hydrogen) atoms. The van der Waals surface area contributed by atoms with Crippen molar-refractivity contribution in [2.75, 3.05) is 0 Å². The summed E-state index contributed by atoms with van der Waals surface area (Å²) in [5.74, 6) is 4.72. The predicted octanol–water partition coefficient (Wildman–Crippen LogP) is 2.25. The number of hydrazine groups is 1. The molecule has 0 radical (unpaired) electrons. The summed E-state index contributed by atoms with van der Waals surface area (Å²) < 4.78 is 10.6. The molecule has 0 spiro atoms. The fourth-order valence-corrected chi connectivity index (χ4v) is 1.79. The van der Waals surface area contributed by atoms with Gasteiger partial charge in [-0.1, -0.05) is 29.8 Å². The Morgan fingerprint density at radius 1 is 1.26 bits per heavy atom. The van der Waals surface area contributed by atoms with Crippen LogP contribution < -0.4 is 11.3 Å². The maximum absolute atomic E-state index is 11.4. The zero-order valence-electron chi connectivity index (χ0n) is 10.1. The SMILES string of the molecule is NNC(=O)c1occc1COCc1ccccc1Cl. The van der Waals surface area contributed by atoms with Crippen molar-refractivity contribution < 1.29 is 13.9 Å². The summed E-state index contributed by atoms with van der Waals surface area (Å²) in [6.45, 7) is 0.596. The molecule has 100 valence electrons. The highest BCUT2D eigenvalue weighted by Gasteiger charge is 2.14. The lowest BCUT2D eigenvalue weighted by Crippen LogP contribution is -2.30. The van der Waals surface area contributed by atoms with Crippen molar-refractivity contribution in [2.24, 2.45) is 5.84 Å². The van der Waals surface area contributed by atoms with Crippen LogP contribution >= 0.6 is 11.6 Å². The third-order valence-corrected chi connectivity index (χ3v) is 2.93. The van der Waals surface area contributed by atoms with Gasteiger partial charge in [0.05, 0.1) is 19.5 Å². The van der Waals surface area contributed by atoms with E-state index < -0.39 is 5.91 Å². The molecule has 0 aliphatic carbocycles. The van der Waals surface area contributed by atoms with Gasteiger partial charge < -0.3 is 9.15 Å². The van der Waals surface area contributed by atoms with Crippen LogP contribution in [0, 0.1) is 0 Å². The lowest BCUT2D eigenvalue weighted by atomic mass is 10.2. The zero-order chi connectivity index (χ0) is 13.7. The summed E-state index contributed by atoms with van der Waals surface area (Å²) in [5.41, 5.74) is 3.54. The van der Waals surface area contributed by atoms with Crippen LogP contribution in [0.2, 0.25) is 5.02 Å². The number of ether oxygens (including phenoxy) is 1. The van der Waals surface area contributed by atoms with Gasteiger partial charge in [0.2, 0.25) is 0 Å². The van der Waals surface area contributed by atoms with Crippen LogP contribution in [0.1, 0.15) is 21.7 Å². The standard InChI is InChI=1S/C13H13ClN2O3/c14-11-4-2-1-3-9(11)7-18-8-10-5-6-19-12(10)13(17)16-15/h1-6H,7-8,15H2,(H,16,17). The molecule has 0 saturated heterocycles. The largest absolute Gasteiger partial charge is 0.459 e. The van der Waals surface area contributed by atoms with Crippen LogP contribution in [0.15, 0.2) is 41.0 Å². The van der Waals surface area contributed by atoms with Crippen LogP contribution in [0.5, 0.6) is 0 Å². The Hall–Kier alpha value is -1.82. The molecular weight excluding hydrogens is 268 g/mol. The Kier molecular flexibility index (Phi) is 4.57. The first kappa shape index (κ1) is 13.6. The van der Waals surface area contributed by atoms with Crippen LogP contribution in [0.3, 0.4) is 0 Å². The van der Waals surface area contributed by atoms with E-state index in [1.807, 2.05) is 23.6 Å². The molecule has 1 heterocycles. The van der Waals surface area contributed by atoms with E-state index in [1.54, 1.807) is 12.1 Å². The van der Waals surface area contributed by atoms with Crippen LogP contribution in [0.4, 0.5) is 0 Å². The van der Waals surface area contributed by atoms with Gasteiger partial charge in [-0.2, -0.15) is 0 Å². The molecule has 1 aromatic heterocycles. The topological polar surface area (TPSA) is 77.5 Å². The highest BCUT2D eigenvalue weighted by Crippen LogP contribution is 2.17. The lowest BCUT2D eigenvalue weighted by molar-refractivity contribution is 0.0896. The first-order chi connectivity index (χ1) is 9.22. The molecule has 0 saturated carbocycles. The quantitative estimate of drug-likeness (QED) is 0.500. The summed E-state index contributed by atoms with van der Waals surface area (Å²) >= 11 is 6.01. The first-order valence-corrected chi connectivity index (χ1v) is 5.98. The van der Waals surface area contributed by atoms with Crippen molar-refractivity contribution >= 4 is 17.5 Å². The Bertz CT molecular complexity index is 569. The van der Waals surface area contributed by atoms with E-state index in [2.05, 4.69) is 0 Å². The highest BCUT2D eigenvalue weighted by molar-refractivity contribution is 6.31. The third-order valence-electron chi connectivity index (χ3n) is 2.56. The molecule has 6 heteroatoms. The summed E-state index contributed by atoms with van der Waals surface area (Å²) in [5, 5.41) is 0.648. The van der Waals surface area contributed by atoms with E-state index in [9.17, 15) is 4.79 Å². The Labute approximate surface area is 115 Å². The minimum atomic E-state index is -0.485. The number of furan rings is 1. The Morgan fingerprint density at radius 2 is 2.00 bits per heavy atom. The van der Waals surface area contributed by atoms with Gasteiger partial charge in [-0.25, -0.2) is 5.84 Å². The van der Waals surface area contributed by atoms with Crippen molar-refractivity contribution in [1.29, 1.82) is 0 Å². The number of carbonyl (C=O) groups excluding carboxylic acids is 1. The average Bonchev–Trinajstić information content (AvgIpc) is 2.88. The number of nitrogen functional groups attached to an aromatic ring is 1. The number of hydrogen-bond donors (Lipinski definition) is 2. The van der Waals surface area contributed by atoms with Gasteiger partial charge in [-0.3, -0.25) is 10.2 Å². The van der Waals surface area contributed by atoms with Gasteiger partial charge >= 0.3 is 5.91 Å². The molecular formula is C13H13ClN2O3. The van der Waals surface area contributed by atoms with Crippen molar-refractivity contribution in [1.82, 2.24) is 5.43 Å². The molecule has 5 nitrogen and oxygen atoms in total. The van der Waals surface area contributed by atoms with E-state index in [0.717, 1.165) is 5.56 Å². The predicted molar refractivity (Wildman–Crippen MR) is 70.3 cm³/mol. The van der Waals surface area contributed by atoms with Gasteiger partial charge in [0.15, 0.2) is 5.76 Å². The first-order valence-electron chi connectivity index (χ1n) is 5.61. The minimum Gasteiger partial charge on any atom is -0.459 e. The summed E-state index contributed by atoms with van der Waals surface area (Å²) in [4.78, 5) is 11.4. The molecule has 2 aromatic rings. The molecule has 0 bridgehead atoms. The number of rotatable bonds is 5. The highest BCUT2D eigenvalue weighted by atomic mass is 35.5. The maximum atomic E-state index is 11.4. The molecule has 1 amide bonds. The second-order valence-corrected chi connectivity index (χ2v) is 4.24. The molecule has 0 atom stereocenters. The number of halogens is 1. The maximum Gasteiger partial charge on any atom is 0.301 e. The molecule has 2 rings (SSSR count). The van der Waals surface area contributed by atoms with Crippen LogP contribution in [-0.4, -0.2) is 5.91 Å². The number of amides is 1. The number of nitrogens with one attached hydrogen (secondary N) is 1. The number of nitrogens with two attached hydrogens (primary N) is 1. The normalized spacial score (nSPS) is 10.4. The second-order valence-electron chi connectivity index (χ2n) is 3.83. The van der Waals surface area contributed by atoms with E-state index in [1.165, 1.54) is 6.26 Å². The van der Waals surface area contributed by atoms with Gasteiger partial charge in [0, 0.05) is 10.6 Å². The summed E-state index contributed by atoms with van der Waals surface area (Å²) in [7, 11) is 0. The summed E-state index contributed by atoms with van der Waals surface area (Å²) in [6.07, 6.45) is 1.42. The fourth-order valence-electron chi connectivity index (χ4n) is 1.60. The molecule has 0 aliphatic heterocycles. The van der Waals surface area contributed by atoms with Crippen LogP contribution in [-0.2, 0) is 18.0 Å². The Balaban J connectivity index is 1.95. The number of carbonyl (C=O) groups is 1.